The van der Waals surface area contributed by atoms with Crippen molar-refractivity contribution in [3.05, 3.63) is 75.1 Å². The molecule has 2 N–H and O–H groups in total. The van der Waals surface area contributed by atoms with Crippen LogP contribution in [0.25, 0.3) is 0 Å². The highest BCUT2D eigenvalue weighted by atomic mass is 35.5. The molecule has 2 aromatic carbocycles. The van der Waals surface area contributed by atoms with Crippen molar-refractivity contribution >= 4 is 24.0 Å². The molecule has 0 radical (unpaired) electrons. The Morgan fingerprint density at radius 3 is 2.50 bits per heavy atom. The first-order valence-corrected chi connectivity index (χ1v) is 8.27. The van der Waals surface area contributed by atoms with Crippen LogP contribution in [0.1, 0.15) is 28.3 Å². The maximum absolute atomic E-state index is 14.1. The van der Waals surface area contributed by atoms with Crippen LogP contribution in [-0.2, 0) is 0 Å². The molecule has 0 saturated carbocycles. The van der Waals surface area contributed by atoms with E-state index in [0.29, 0.717) is 31.1 Å². The molecule has 2 unspecified atom stereocenters. The Hall–Kier alpha value is -2.65. The molecule has 1 aliphatic rings. The number of hydrogen-bond donors (Lipinski definition) is 2. The SMILES string of the molecule is Cl.O=C(NC1CNCCC1c1ccc(F)c(F)c1)c1ccc([N+](=O)[O-])cc1F. The van der Waals surface area contributed by atoms with Gasteiger partial charge in [0.1, 0.15) is 5.82 Å². The van der Waals surface area contributed by atoms with E-state index in [4.69, 9.17) is 0 Å². The van der Waals surface area contributed by atoms with E-state index in [-0.39, 0.29) is 23.9 Å². The number of rotatable bonds is 4. The lowest BCUT2D eigenvalue weighted by molar-refractivity contribution is -0.385. The second kappa shape index (κ2) is 9.03. The zero-order chi connectivity index (χ0) is 19.6. The largest absolute Gasteiger partial charge is 0.347 e. The molecule has 1 fully saturated rings. The lowest BCUT2D eigenvalue weighted by Crippen LogP contribution is -2.50. The fourth-order valence-corrected chi connectivity index (χ4v) is 3.20. The molecule has 1 saturated heterocycles. The zero-order valence-electron chi connectivity index (χ0n) is 14.5. The summed E-state index contributed by atoms with van der Waals surface area (Å²) in [4.78, 5) is 22.4. The molecule has 1 heterocycles. The van der Waals surface area contributed by atoms with Crippen LogP contribution in [0, 0.1) is 27.6 Å². The van der Waals surface area contributed by atoms with E-state index in [0.717, 1.165) is 24.3 Å². The number of benzene rings is 2. The zero-order valence-corrected chi connectivity index (χ0v) is 15.3. The number of piperidine rings is 1. The van der Waals surface area contributed by atoms with Crippen LogP contribution in [0.2, 0.25) is 0 Å². The van der Waals surface area contributed by atoms with Crippen molar-refractivity contribution in [3.63, 3.8) is 0 Å². The number of carbonyl (C=O) groups is 1. The summed E-state index contributed by atoms with van der Waals surface area (Å²) in [6.45, 7) is 0.992. The second-order valence-corrected chi connectivity index (χ2v) is 6.27. The lowest BCUT2D eigenvalue weighted by Gasteiger charge is -2.33. The van der Waals surface area contributed by atoms with Gasteiger partial charge in [-0.25, -0.2) is 13.2 Å². The molecule has 2 atom stereocenters. The van der Waals surface area contributed by atoms with E-state index in [1.165, 1.54) is 6.07 Å². The topological polar surface area (TPSA) is 84.3 Å². The van der Waals surface area contributed by atoms with E-state index in [9.17, 15) is 28.1 Å². The molecular formula is C18H17ClF3N3O3. The third kappa shape index (κ3) is 4.60. The fourth-order valence-electron chi connectivity index (χ4n) is 3.20. The third-order valence-electron chi connectivity index (χ3n) is 4.58. The number of halogens is 4. The smallest absolute Gasteiger partial charge is 0.272 e. The van der Waals surface area contributed by atoms with Crippen molar-refractivity contribution in [2.24, 2.45) is 0 Å². The molecule has 6 nitrogen and oxygen atoms in total. The van der Waals surface area contributed by atoms with Crippen molar-refractivity contribution in [2.75, 3.05) is 13.1 Å². The van der Waals surface area contributed by atoms with E-state index in [1.807, 2.05) is 0 Å². The second-order valence-electron chi connectivity index (χ2n) is 6.27. The summed E-state index contributed by atoms with van der Waals surface area (Å²) in [5.74, 6) is -3.95. The van der Waals surface area contributed by atoms with Crippen LogP contribution < -0.4 is 10.6 Å². The van der Waals surface area contributed by atoms with Gasteiger partial charge in [-0.15, -0.1) is 12.4 Å². The highest BCUT2D eigenvalue weighted by Gasteiger charge is 2.29. The van der Waals surface area contributed by atoms with E-state index in [2.05, 4.69) is 10.6 Å². The average Bonchev–Trinajstić information content (AvgIpc) is 2.64. The predicted molar refractivity (Wildman–Crippen MR) is 98.1 cm³/mol. The van der Waals surface area contributed by atoms with Gasteiger partial charge in [-0.2, -0.15) is 0 Å². The Morgan fingerprint density at radius 1 is 1.11 bits per heavy atom. The van der Waals surface area contributed by atoms with Crippen molar-refractivity contribution in [1.29, 1.82) is 0 Å². The number of nitro groups is 1. The first kappa shape index (κ1) is 21.6. The summed E-state index contributed by atoms with van der Waals surface area (Å²) in [6.07, 6.45) is 0.568. The van der Waals surface area contributed by atoms with Crippen molar-refractivity contribution < 1.29 is 22.9 Å². The van der Waals surface area contributed by atoms with Crippen LogP contribution in [0.3, 0.4) is 0 Å². The number of nitrogens with zero attached hydrogens (tertiary/aromatic N) is 1. The summed E-state index contributed by atoms with van der Waals surface area (Å²) in [5, 5.41) is 16.4. The maximum Gasteiger partial charge on any atom is 0.272 e. The maximum atomic E-state index is 14.1. The fraction of sp³-hybridized carbons (Fsp3) is 0.278. The van der Waals surface area contributed by atoms with Crippen LogP contribution in [0.15, 0.2) is 36.4 Å². The molecule has 150 valence electrons. The Bertz CT molecular complexity index is 898. The summed E-state index contributed by atoms with van der Waals surface area (Å²) in [7, 11) is 0. The third-order valence-corrected chi connectivity index (χ3v) is 4.58. The highest BCUT2D eigenvalue weighted by molar-refractivity contribution is 5.95. The van der Waals surface area contributed by atoms with Gasteiger partial charge < -0.3 is 10.6 Å². The summed E-state index contributed by atoms with van der Waals surface area (Å²) < 4.78 is 40.8. The molecule has 1 amide bonds. The number of nitrogens with one attached hydrogen (secondary N) is 2. The summed E-state index contributed by atoms with van der Waals surface area (Å²) >= 11 is 0. The first-order valence-electron chi connectivity index (χ1n) is 8.27. The van der Waals surface area contributed by atoms with Gasteiger partial charge in [0.15, 0.2) is 11.6 Å². The number of carbonyl (C=O) groups excluding carboxylic acids is 1. The van der Waals surface area contributed by atoms with Crippen LogP contribution >= 0.6 is 12.4 Å². The molecule has 10 heteroatoms. The van der Waals surface area contributed by atoms with Gasteiger partial charge in [0.05, 0.1) is 16.6 Å². The van der Waals surface area contributed by atoms with Gasteiger partial charge in [-0.1, -0.05) is 6.07 Å². The van der Waals surface area contributed by atoms with Crippen molar-refractivity contribution in [3.8, 4) is 0 Å². The lowest BCUT2D eigenvalue weighted by atomic mass is 9.85. The average molecular weight is 416 g/mol. The summed E-state index contributed by atoms with van der Waals surface area (Å²) in [5.41, 5.74) is -0.247. The first-order chi connectivity index (χ1) is 12.9. The van der Waals surface area contributed by atoms with Gasteiger partial charge >= 0.3 is 0 Å². The van der Waals surface area contributed by atoms with Crippen LogP contribution in [0.4, 0.5) is 18.9 Å². The number of nitro benzene ring substituents is 1. The minimum absolute atomic E-state index is 0. The summed E-state index contributed by atoms with van der Waals surface area (Å²) in [6, 6.07) is 5.88. The molecule has 0 spiro atoms. The van der Waals surface area contributed by atoms with E-state index < -0.39 is 40.0 Å². The number of hydrogen-bond acceptors (Lipinski definition) is 4. The van der Waals surface area contributed by atoms with Crippen molar-refractivity contribution in [1.82, 2.24) is 10.6 Å². The Balaban J connectivity index is 0.00000280. The van der Waals surface area contributed by atoms with Crippen molar-refractivity contribution in [2.45, 2.75) is 18.4 Å². The van der Waals surface area contributed by atoms with Gasteiger partial charge in [0.25, 0.3) is 11.6 Å². The molecule has 3 rings (SSSR count). The van der Waals surface area contributed by atoms with E-state index in [1.54, 1.807) is 0 Å². The predicted octanol–water partition coefficient (Wildman–Crippen LogP) is 3.31. The highest BCUT2D eigenvalue weighted by Crippen LogP contribution is 2.27. The molecule has 0 bridgehead atoms. The normalized spacial score (nSPS) is 18.8. The number of non-ortho nitro benzene ring substituents is 1. The van der Waals surface area contributed by atoms with Gasteiger partial charge in [-0.3, -0.25) is 14.9 Å². The standard InChI is InChI=1S/C18H16F3N3O3.ClH/c19-14-4-1-10(7-16(14)21)12-5-6-22-9-17(12)23-18(25)13-3-2-11(24(26)27)8-15(13)20;/h1-4,7-8,12,17,22H,5-6,9H2,(H,23,25);1H. The van der Waals surface area contributed by atoms with Gasteiger partial charge in [0.2, 0.25) is 0 Å². The minimum Gasteiger partial charge on any atom is -0.347 e. The van der Waals surface area contributed by atoms with Gasteiger partial charge in [-0.05, 0) is 36.7 Å². The molecule has 1 aliphatic heterocycles. The Morgan fingerprint density at radius 2 is 1.86 bits per heavy atom. The Kier molecular flexibility index (Phi) is 6.98. The molecule has 2 aromatic rings. The quantitative estimate of drug-likeness (QED) is 0.592. The van der Waals surface area contributed by atoms with E-state index >= 15 is 0 Å². The Labute approximate surface area is 164 Å². The van der Waals surface area contributed by atoms with Crippen LogP contribution in [0.5, 0.6) is 0 Å². The molecule has 28 heavy (non-hydrogen) atoms. The number of amides is 1. The molecular weight excluding hydrogens is 399 g/mol. The minimum atomic E-state index is -1.00. The molecule has 0 aromatic heterocycles. The van der Waals surface area contributed by atoms with Gasteiger partial charge in [0, 0.05) is 24.6 Å². The molecule has 0 aliphatic carbocycles. The monoisotopic (exact) mass is 415 g/mol. The van der Waals surface area contributed by atoms with Crippen LogP contribution in [-0.4, -0.2) is 30.0 Å².